The standard InChI is InChI=1S/C11H6ClFO2S/c12-6-1-2-8(13)7(5-6)9-3-4-10(16-9)11(14)15/h1-5H,(H,14,15). The number of carboxylic acids is 1. The summed E-state index contributed by atoms with van der Waals surface area (Å²) in [5, 5.41) is 9.18. The van der Waals surface area contributed by atoms with Crippen molar-refractivity contribution in [3.05, 3.63) is 46.0 Å². The molecule has 0 atom stereocenters. The molecule has 0 fully saturated rings. The summed E-state index contributed by atoms with van der Waals surface area (Å²) < 4.78 is 13.5. The summed E-state index contributed by atoms with van der Waals surface area (Å²) in [6, 6.07) is 7.21. The molecule has 2 aromatic rings. The van der Waals surface area contributed by atoms with Crippen LogP contribution in [-0.2, 0) is 0 Å². The van der Waals surface area contributed by atoms with E-state index in [0.717, 1.165) is 11.3 Å². The Kier molecular flexibility index (Phi) is 2.94. The Hall–Kier alpha value is -1.39. The van der Waals surface area contributed by atoms with Crippen LogP contribution in [0.5, 0.6) is 0 Å². The Morgan fingerprint density at radius 3 is 2.69 bits per heavy atom. The fourth-order valence-corrected chi connectivity index (χ4v) is 2.32. The molecule has 0 aliphatic rings. The third-order valence-corrected chi connectivity index (χ3v) is 3.35. The van der Waals surface area contributed by atoms with Gasteiger partial charge in [0.1, 0.15) is 10.7 Å². The predicted octanol–water partition coefficient (Wildman–Crippen LogP) is 3.91. The van der Waals surface area contributed by atoms with E-state index in [1.54, 1.807) is 6.07 Å². The Labute approximate surface area is 99.9 Å². The number of halogens is 2. The zero-order chi connectivity index (χ0) is 11.7. The van der Waals surface area contributed by atoms with E-state index in [1.165, 1.54) is 24.3 Å². The highest BCUT2D eigenvalue weighted by atomic mass is 35.5. The van der Waals surface area contributed by atoms with Crippen molar-refractivity contribution in [3.8, 4) is 10.4 Å². The Balaban J connectivity index is 2.50. The molecule has 82 valence electrons. The molecule has 0 aliphatic carbocycles. The maximum Gasteiger partial charge on any atom is 0.345 e. The van der Waals surface area contributed by atoms with Crippen molar-refractivity contribution >= 4 is 28.9 Å². The molecule has 0 spiro atoms. The first kappa shape index (κ1) is 11.1. The van der Waals surface area contributed by atoms with E-state index in [1.807, 2.05) is 0 Å². The zero-order valence-electron chi connectivity index (χ0n) is 7.91. The zero-order valence-corrected chi connectivity index (χ0v) is 9.48. The lowest BCUT2D eigenvalue weighted by atomic mass is 10.2. The summed E-state index contributed by atoms with van der Waals surface area (Å²) in [4.78, 5) is 11.4. The molecule has 0 aliphatic heterocycles. The van der Waals surface area contributed by atoms with Gasteiger partial charge in [0.25, 0.3) is 0 Å². The van der Waals surface area contributed by atoms with Gasteiger partial charge in [-0.25, -0.2) is 9.18 Å². The summed E-state index contributed by atoms with van der Waals surface area (Å²) in [5.41, 5.74) is 0.324. The number of carboxylic acid groups (broad SMARTS) is 1. The highest BCUT2D eigenvalue weighted by Crippen LogP contribution is 2.31. The monoisotopic (exact) mass is 256 g/mol. The van der Waals surface area contributed by atoms with E-state index in [9.17, 15) is 9.18 Å². The molecule has 0 saturated heterocycles. The van der Waals surface area contributed by atoms with Gasteiger partial charge in [0.2, 0.25) is 0 Å². The highest BCUT2D eigenvalue weighted by Gasteiger charge is 2.11. The highest BCUT2D eigenvalue weighted by molar-refractivity contribution is 7.17. The van der Waals surface area contributed by atoms with Crippen LogP contribution in [0.3, 0.4) is 0 Å². The summed E-state index contributed by atoms with van der Waals surface area (Å²) >= 11 is 6.78. The number of hydrogen-bond donors (Lipinski definition) is 1. The molecular weight excluding hydrogens is 251 g/mol. The SMILES string of the molecule is O=C(O)c1ccc(-c2cc(Cl)ccc2F)s1. The van der Waals surface area contributed by atoms with E-state index in [4.69, 9.17) is 16.7 Å². The molecule has 0 amide bonds. The van der Waals surface area contributed by atoms with Gasteiger partial charge in [-0.15, -0.1) is 11.3 Å². The van der Waals surface area contributed by atoms with Gasteiger partial charge in [0, 0.05) is 15.5 Å². The molecule has 2 rings (SSSR count). The largest absolute Gasteiger partial charge is 0.477 e. The number of hydrogen-bond acceptors (Lipinski definition) is 2. The molecule has 1 heterocycles. The lowest BCUT2D eigenvalue weighted by molar-refractivity contribution is 0.0702. The maximum atomic E-state index is 13.5. The molecule has 0 radical (unpaired) electrons. The van der Waals surface area contributed by atoms with Gasteiger partial charge in [-0.05, 0) is 30.3 Å². The van der Waals surface area contributed by atoms with E-state index in [2.05, 4.69) is 0 Å². The summed E-state index contributed by atoms with van der Waals surface area (Å²) in [7, 11) is 0. The fraction of sp³-hybridized carbons (Fsp3) is 0. The van der Waals surface area contributed by atoms with Crippen molar-refractivity contribution in [3.63, 3.8) is 0 Å². The molecule has 1 aromatic carbocycles. The number of carbonyl (C=O) groups is 1. The molecule has 16 heavy (non-hydrogen) atoms. The van der Waals surface area contributed by atoms with Crippen LogP contribution in [0.2, 0.25) is 5.02 Å². The number of aromatic carboxylic acids is 1. The van der Waals surface area contributed by atoms with Crippen molar-refractivity contribution in [1.82, 2.24) is 0 Å². The number of thiophene rings is 1. The third-order valence-electron chi connectivity index (χ3n) is 2.01. The minimum absolute atomic E-state index is 0.175. The number of benzene rings is 1. The first-order chi connectivity index (χ1) is 7.58. The van der Waals surface area contributed by atoms with Crippen molar-refractivity contribution in [2.45, 2.75) is 0 Å². The van der Waals surface area contributed by atoms with Gasteiger partial charge in [-0.1, -0.05) is 11.6 Å². The normalized spacial score (nSPS) is 10.4. The van der Waals surface area contributed by atoms with Gasteiger partial charge in [0.05, 0.1) is 0 Å². The van der Waals surface area contributed by atoms with Crippen LogP contribution in [-0.4, -0.2) is 11.1 Å². The Bertz CT molecular complexity index is 551. The van der Waals surface area contributed by atoms with Crippen LogP contribution in [0, 0.1) is 5.82 Å². The second-order valence-corrected chi connectivity index (χ2v) is 4.61. The maximum absolute atomic E-state index is 13.5. The molecule has 0 unspecified atom stereocenters. The molecule has 0 bridgehead atoms. The quantitative estimate of drug-likeness (QED) is 0.885. The van der Waals surface area contributed by atoms with Gasteiger partial charge in [-0.3, -0.25) is 0 Å². The average Bonchev–Trinajstić information content (AvgIpc) is 2.70. The van der Waals surface area contributed by atoms with E-state index in [-0.39, 0.29) is 4.88 Å². The van der Waals surface area contributed by atoms with Crippen molar-refractivity contribution in [2.24, 2.45) is 0 Å². The summed E-state index contributed by atoms with van der Waals surface area (Å²) in [6.45, 7) is 0. The van der Waals surface area contributed by atoms with E-state index in [0.29, 0.717) is 15.5 Å². The first-order valence-electron chi connectivity index (χ1n) is 4.36. The molecule has 1 N–H and O–H groups in total. The minimum Gasteiger partial charge on any atom is -0.477 e. The second kappa shape index (κ2) is 4.23. The van der Waals surface area contributed by atoms with E-state index >= 15 is 0 Å². The van der Waals surface area contributed by atoms with Gasteiger partial charge >= 0.3 is 5.97 Å². The van der Waals surface area contributed by atoms with E-state index < -0.39 is 11.8 Å². The molecule has 1 aromatic heterocycles. The smallest absolute Gasteiger partial charge is 0.345 e. The van der Waals surface area contributed by atoms with Gasteiger partial charge < -0.3 is 5.11 Å². The topological polar surface area (TPSA) is 37.3 Å². The lowest BCUT2D eigenvalue weighted by Crippen LogP contribution is -1.89. The van der Waals surface area contributed by atoms with Crippen LogP contribution in [0.25, 0.3) is 10.4 Å². The van der Waals surface area contributed by atoms with Crippen LogP contribution >= 0.6 is 22.9 Å². The fourth-order valence-electron chi connectivity index (χ4n) is 1.28. The van der Waals surface area contributed by atoms with Crippen molar-refractivity contribution in [1.29, 1.82) is 0 Å². The first-order valence-corrected chi connectivity index (χ1v) is 5.56. The average molecular weight is 257 g/mol. The lowest BCUT2D eigenvalue weighted by Gasteiger charge is -2.00. The van der Waals surface area contributed by atoms with Gasteiger partial charge in [0.15, 0.2) is 0 Å². The molecule has 2 nitrogen and oxygen atoms in total. The van der Waals surface area contributed by atoms with Crippen molar-refractivity contribution < 1.29 is 14.3 Å². The van der Waals surface area contributed by atoms with Crippen LogP contribution in [0.15, 0.2) is 30.3 Å². The van der Waals surface area contributed by atoms with Crippen molar-refractivity contribution in [2.75, 3.05) is 0 Å². The van der Waals surface area contributed by atoms with Crippen LogP contribution in [0.1, 0.15) is 9.67 Å². The molecule has 0 saturated carbocycles. The summed E-state index contributed by atoms with van der Waals surface area (Å²) in [6.07, 6.45) is 0. The second-order valence-electron chi connectivity index (χ2n) is 3.09. The molecule has 5 heteroatoms. The number of rotatable bonds is 2. The Morgan fingerprint density at radius 1 is 1.31 bits per heavy atom. The van der Waals surface area contributed by atoms with Gasteiger partial charge in [-0.2, -0.15) is 0 Å². The Morgan fingerprint density at radius 2 is 2.06 bits per heavy atom. The minimum atomic E-state index is -1.02. The third kappa shape index (κ3) is 2.08. The predicted molar refractivity (Wildman–Crippen MR) is 61.7 cm³/mol. The summed E-state index contributed by atoms with van der Waals surface area (Å²) in [5.74, 6) is -1.43. The van der Waals surface area contributed by atoms with Crippen LogP contribution in [0.4, 0.5) is 4.39 Å². The molecular formula is C11H6ClFO2S. The van der Waals surface area contributed by atoms with Crippen LogP contribution < -0.4 is 0 Å².